The summed E-state index contributed by atoms with van der Waals surface area (Å²) in [5.41, 5.74) is -4.99. The summed E-state index contributed by atoms with van der Waals surface area (Å²) in [5, 5.41) is 0. The van der Waals surface area contributed by atoms with Gasteiger partial charge in [0, 0.05) is 0 Å². The molecule has 0 saturated heterocycles. The Bertz CT molecular complexity index is 265. The summed E-state index contributed by atoms with van der Waals surface area (Å²) in [6.45, 7) is 1.96. The predicted octanol–water partition coefficient (Wildman–Crippen LogP) is 4.26. The molecule has 0 unspecified atom stereocenters. The summed E-state index contributed by atoms with van der Waals surface area (Å²) >= 11 is 5.17. The Morgan fingerprint density at radius 2 is 1.47 bits per heavy atom. The molecule has 0 fully saturated rings. The van der Waals surface area contributed by atoms with E-state index >= 15 is 0 Å². The molecule has 0 aromatic rings. The fourth-order valence-electron chi connectivity index (χ4n) is 0.877. The summed E-state index contributed by atoms with van der Waals surface area (Å²) in [6, 6.07) is 0. The number of halogens is 7. The second-order valence-electron chi connectivity index (χ2n) is 3.99. The maximum absolute atomic E-state index is 13.3. The fraction of sp³-hybridized carbons (Fsp3) is 1.00. The lowest BCUT2D eigenvalue weighted by Crippen LogP contribution is -2.64. The largest absolute Gasteiger partial charge is 0.425 e. The highest BCUT2D eigenvalue weighted by Gasteiger charge is 2.77. The minimum absolute atomic E-state index is 0.00105. The van der Waals surface area contributed by atoms with Crippen LogP contribution >= 0.6 is 11.1 Å². The van der Waals surface area contributed by atoms with E-state index in [0.717, 1.165) is 0 Å². The van der Waals surface area contributed by atoms with Crippen molar-refractivity contribution in [2.45, 2.75) is 44.0 Å². The molecule has 0 aliphatic rings. The van der Waals surface area contributed by atoms with Gasteiger partial charge in [-0.3, -0.25) is 0 Å². The van der Waals surface area contributed by atoms with E-state index in [2.05, 4.69) is 4.74 Å². The van der Waals surface area contributed by atoms with Crippen molar-refractivity contribution in [2.75, 3.05) is 6.61 Å². The van der Waals surface area contributed by atoms with Crippen molar-refractivity contribution in [1.29, 1.82) is 0 Å². The topological polar surface area (TPSA) is 9.23 Å². The van der Waals surface area contributed by atoms with Gasteiger partial charge in [0.1, 0.15) is 0 Å². The van der Waals surface area contributed by atoms with Crippen molar-refractivity contribution < 1.29 is 31.1 Å². The Hall–Kier alpha value is 0.0469. The zero-order valence-corrected chi connectivity index (χ0v) is 11.2. The molecule has 0 radical (unpaired) electrons. The lowest BCUT2D eigenvalue weighted by atomic mass is 10.3. The summed E-state index contributed by atoms with van der Waals surface area (Å²) < 4.78 is 82.1. The lowest BCUT2D eigenvalue weighted by molar-refractivity contribution is -0.384. The number of hydrogen-bond acceptors (Lipinski definition) is 1. The Kier molecular flexibility index (Phi) is 4.98. The van der Waals surface area contributed by atoms with Crippen molar-refractivity contribution >= 4 is 18.5 Å². The average molecular weight is 303 g/mol. The van der Waals surface area contributed by atoms with Gasteiger partial charge in [-0.25, -0.2) is 8.78 Å². The number of ether oxygens (including phenoxy) is 1. The van der Waals surface area contributed by atoms with Gasteiger partial charge in [-0.15, -0.1) is 0 Å². The molecule has 0 aliphatic heterocycles. The van der Waals surface area contributed by atoms with Crippen LogP contribution in [0.5, 0.6) is 0 Å². The highest BCUT2D eigenvalue weighted by molar-refractivity contribution is 7.20. The van der Waals surface area contributed by atoms with Gasteiger partial charge in [0.15, 0.2) is 0 Å². The van der Waals surface area contributed by atoms with Gasteiger partial charge in [-0.05, 0) is 6.42 Å². The maximum Gasteiger partial charge on any atom is 0.425 e. The maximum atomic E-state index is 13.3. The van der Waals surface area contributed by atoms with Crippen LogP contribution in [0.25, 0.3) is 0 Å². The molecule has 0 bridgehead atoms. The van der Waals surface area contributed by atoms with Crippen LogP contribution in [0.3, 0.4) is 0 Å². The molecule has 0 aromatic carbocycles. The van der Waals surface area contributed by atoms with Crippen molar-refractivity contribution in [3.8, 4) is 0 Å². The van der Waals surface area contributed by atoms with Crippen LogP contribution in [-0.2, 0) is 4.74 Å². The number of rotatable bonds is 6. The summed E-state index contributed by atoms with van der Waals surface area (Å²) in [5.74, 6) is -5.63. The summed E-state index contributed by atoms with van der Waals surface area (Å²) in [6.07, 6.45) is -5.25. The molecule has 0 aromatic heterocycles. The molecular formula is C8H13ClF6OSi. The highest BCUT2D eigenvalue weighted by Crippen LogP contribution is 2.51. The number of alkyl halides is 6. The fourth-order valence-corrected chi connectivity index (χ4v) is 2.13. The van der Waals surface area contributed by atoms with Crippen LogP contribution in [0.15, 0.2) is 0 Å². The molecule has 17 heavy (non-hydrogen) atoms. The van der Waals surface area contributed by atoms with Crippen LogP contribution in [0, 0.1) is 0 Å². The zero-order valence-electron chi connectivity index (χ0n) is 9.47. The first-order valence-corrected chi connectivity index (χ1v) is 8.78. The first-order chi connectivity index (χ1) is 7.31. The van der Waals surface area contributed by atoms with E-state index in [1.807, 2.05) is 0 Å². The van der Waals surface area contributed by atoms with E-state index in [1.54, 1.807) is 0 Å². The van der Waals surface area contributed by atoms with Gasteiger partial charge >= 0.3 is 17.6 Å². The molecule has 1 nitrogen and oxygen atoms in total. The van der Waals surface area contributed by atoms with Crippen LogP contribution < -0.4 is 0 Å². The van der Waals surface area contributed by atoms with Crippen molar-refractivity contribution in [1.82, 2.24) is 0 Å². The predicted molar refractivity (Wildman–Crippen MR) is 54.4 cm³/mol. The van der Waals surface area contributed by atoms with Crippen LogP contribution in [0.2, 0.25) is 13.1 Å². The Morgan fingerprint density at radius 3 is 1.76 bits per heavy atom. The molecule has 0 heterocycles. The lowest BCUT2D eigenvalue weighted by Gasteiger charge is -2.36. The SMILES string of the molecule is CCCOC(F)(F)C(F)(F)C(F)(F)[Si](C)(C)Cl. The van der Waals surface area contributed by atoms with E-state index in [9.17, 15) is 26.3 Å². The number of hydrogen-bond donors (Lipinski definition) is 0. The first-order valence-electron chi connectivity index (χ1n) is 4.77. The third-order valence-electron chi connectivity index (χ3n) is 1.99. The molecule has 0 spiro atoms. The van der Waals surface area contributed by atoms with Gasteiger partial charge in [-0.2, -0.15) is 28.6 Å². The molecule has 0 amide bonds. The third-order valence-corrected chi connectivity index (χ3v) is 4.51. The minimum atomic E-state index is -5.63. The van der Waals surface area contributed by atoms with Gasteiger partial charge in [-0.1, -0.05) is 20.0 Å². The average Bonchev–Trinajstić information content (AvgIpc) is 2.12. The van der Waals surface area contributed by atoms with Gasteiger partial charge < -0.3 is 4.74 Å². The smallest absolute Gasteiger partial charge is 0.316 e. The molecule has 9 heteroatoms. The molecule has 0 saturated carbocycles. The molecule has 0 rings (SSSR count). The van der Waals surface area contributed by atoms with Crippen molar-refractivity contribution in [3.63, 3.8) is 0 Å². The molecule has 104 valence electrons. The van der Waals surface area contributed by atoms with E-state index in [1.165, 1.54) is 6.92 Å². The van der Waals surface area contributed by atoms with Gasteiger partial charge in [0.05, 0.1) is 6.61 Å². The second-order valence-corrected chi connectivity index (χ2v) is 10.4. The van der Waals surface area contributed by atoms with Gasteiger partial charge in [0.25, 0.3) is 0 Å². The minimum Gasteiger partial charge on any atom is -0.316 e. The zero-order chi connectivity index (χ0) is 14.1. The van der Waals surface area contributed by atoms with Crippen molar-refractivity contribution in [3.05, 3.63) is 0 Å². The van der Waals surface area contributed by atoms with Crippen molar-refractivity contribution in [2.24, 2.45) is 0 Å². The Morgan fingerprint density at radius 1 is 1.06 bits per heavy atom. The van der Waals surface area contributed by atoms with Crippen LogP contribution in [0.1, 0.15) is 13.3 Å². The summed E-state index contributed by atoms with van der Waals surface area (Å²) in [7, 11) is -4.34. The Balaban J connectivity index is 5.24. The molecule has 0 atom stereocenters. The van der Waals surface area contributed by atoms with Crippen LogP contribution in [0.4, 0.5) is 26.3 Å². The van der Waals surface area contributed by atoms with Crippen LogP contribution in [-0.4, -0.2) is 31.6 Å². The molecule has 0 aliphatic carbocycles. The van der Waals surface area contributed by atoms with E-state index in [-0.39, 0.29) is 6.42 Å². The van der Waals surface area contributed by atoms with E-state index < -0.39 is 31.6 Å². The van der Waals surface area contributed by atoms with Gasteiger partial charge in [0.2, 0.25) is 7.38 Å². The first kappa shape index (κ1) is 17.0. The monoisotopic (exact) mass is 302 g/mol. The third kappa shape index (κ3) is 3.08. The van der Waals surface area contributed by atoms with E-state index in [0.29, 0.717) is 13.1 Å². The van der Waals surface area contributed by atoms with E-state index in [4.69, 9.17) is 11.1 Å². The quantitative estimate of drug-likeness (QED) is 0.405. The normalized spacial score (nSPS) is 15.2. The molecule has 0 N–H and O–H groups in total. The summed E-state index contributed by atoms with van der Waals surface area (Å²) in [4.78, 5) is 0. The Labute approximate surface area is 101 Å². The standard InChI is InChI=1S/C8H13ClF6OSi/c1-4-5-16-7(12,13)6(10,11)8(14,15)17(2,3)9/h4-5H2,1-3H3. The molecular weight excluding hydrogens is 290 g/mol. The second kappa shape index (κ2) is 4.97. The highest BCUT2D eigenvalue weighted by atomic mass is 35.6.